The predicted octanol–water partition coefficient (Wildman–Crippen LogP) is -0.646. The summed E-state index contributed by atoms with van der Waals surface area (Å²) >= 11 is 0. The van der Waals surface area contributed by atoms with Crippen molar-refractivity contribution in [2.24, 2.45) is 0 Å². The summed E-state index contributed by atoms with van der Waals surface area (Å²) in [4.78, 5) is 0. The van der Waals surface area contributed by atoms with Gasteiger partial charge in [0.1, 0.15) is 0 Å². The van der Waals surface area contributed by atoms with Crippen LogP contribution >= 0.6 is 0 Å². The molecule has 1 saturated heterocycles. The lowest BCUT2D eigenvalue weighted by Crippen LogP contribution is -2.50. The molecule has 1 aliphatic heterocycles. The highest BCUT2D eigenvalue weighted by atomic mass is 32.3. The number of hydrogen-bond donors (Lipinski definition) is 0. The van der Waals surface area contributed by atoms with E-state index in [1.54, 1.807) is 6.92 Å². The third-order valence-corrected chi connectivity index (χ3v) is 5.95. The standard InChI is InChI=1S/C6H11O5S2/c1-3-11-5-4-13(9,10)6(5)12(2,7)8/h5H,3-4H2,1-2H3/q-1. The van der Waals surface area contributed by atoms with Crippen LogP contribution in [0.5, 0.6) is 0 Å². The number of ether oxygens (including phenoxy) is 1. The molecule has 0 amide bonds. The average molecular weight is 227 g/mol. The Morgan fingerprint density at radius 1 is 1.54 bits per heavy atom. The molecule has 0 saturated carbocycles. The van der Waals surface area contributed by atoms with Crippen molar-refractivity contribution in [3.63, 3.8) is 0 Å². The van der Waals surface area contributed by atoms with E-state index in [0.717, 1.165) is 6.26 Å². The van der Waals surface area contributed by atoms with E-state index in [-0.39, 0.29) is 5.75 Å². The van der Waals surface area contributed by atoms with Crippen molar-refractivity contribution in [3.8, 4) is 0 Å². The maximum absolute atomic E-state index is 11.1. The van der Waals surface area contributed by atoms with Gasteiger partial charge in [-0.05, 0) is 17.6 Å². The monoisotopic (exact) mass is 227 g/mol. The van der Waals surface area contributed by atoms with Crippen LogP contribution in [0, 0.1) is 4.58 Å². The maximum atomic E-state index is 11.1. The smallest absolute Gasteiger partial charge is 0.0426 e. The molecular formula is C6H11O5S2-. The first-order valence-corrected chi connectivity index (χ1v) is 7.24. The van der Waals surface area contributed by atoms with Gasteiger partial charge in [0.2, 0.25) is 0 Å². The van der Waals surface area contributed by atoms with E-state index in [4.69, 9.17) is 4.74 Å². The van der Waals surface area contributed by atoms with E-state index >= 15 is 0 Å². The van der Waals surface area contributed by atoms with Crippen LogP contribution in [-0.4, -0.2) is 41.6 Å². The first-order valence-electron chi connectivity index (χ1n) is 3.70. The molecular weight excluding hydrogens is 216 g/mol. The van der Waals surface area contributed by atoms with Crippen LogP contribution in [0.4, 0.5) is 0 Å². The van der Waals surface area contributed by atoms with Crippen LogP contribution in [0.1, 0.15) is 6.92 Å². The van der Waals surface area contributed by atoms with Crippen LogP contribution in [0.2, 0.25) is 0 Å². The van der Waals surface area contributed by atoms with Crippen LogP contribution in [0.3, 0.4) is 0 Å². The van der Waals surface area contributed by atoms with Gasteiger partial charge in [0.15, 0.2) is 0 Å². The summed E-state index contributed by atoms with van der Waals surface area (Å²) in [5, 5.41) is 0. The quantitative estimate of drug-likeness (QED) is 0.599. The van der Waals surface area contributed by atoms with Gasteiger partial charge in [0.25, 0.3) is 0 Å². The van der Waals surface area contributed by atoms with Crippen molar-refractivity contribution < 1.29 is 21.6 Å². The Labute approximate surface area is 77.9 Å². The van der Waals surface area contributed by atoms with E-state index in [1.165, 1.54) is 0 Å². The van der Waals surface area contributed by atoms with Crippen LogP contribution < -0.4 is 0 Å². The minimum absolute atomic E-state index is 0.219. The largest absolute Gasteiger partial charge is 0.407 e. The van der Waals surface area contributed by atoms with Crippen molar-refractivity contribution in [1.82, 2.24) is 0 Å². The summed E-state index contributed by atoms with van der Waals surface area (Å²) < 4.78 is 48.6. The molecule has 0 spiro atoms. The third kappa shape index (κ3) is 2.03. The molecule has 0 aliphatic carbocycles. The van der Waals surface area contributed by atoms with E-state index in [0.29, 0.717) is 6.61 Å². The Kier molecular flexibility index (Phi) is 2.70. The summed E-state index contributed by atoms with van der Waals surface area (Å²) in [5.41, 5.74) is 0. The highest BCUT2D eigenvalue weighted by Crippen LogP contribution is 2.35. The topological polar surface area (TPSA) is 77.5 Å². The first kappa shape index (κ1) is 10.9. The summed E-state index contributed by atoms with van der Waals surface area (Å²) in [6, 6.07) is 0. The van der Waals surface area contributed by atoms with Crippen molar-refractivity contribution in [1.29, 1.82) is 0 Å². The minimum Gasteiger partial charge on any atom is -0.407 e. The van der Waals surface area contributed by atoms with E-state index < -0.39 is 30.4 Å². The lowest BCUT2D eigenvalue weighted by Gasteiger charge is -2.46. The fourth-order valence-electron chi connectivity index (χ4n) is 1.24. The summed E-state index contributed by atoms with van der Waals surface area (Å²) in [6.45, 7) is 1.99. The van der Waals surface area contributed by atoms with Gasteiger partial charge >= 0.3 is 0 Å². The Balaban J connectivity index is 2.91. The summed E-state index contributed by atoms with van der Waals surface area (Å²) in [7, 11) is -7.19. The molecule has 1 aliphatic rings. The molecule has 7 heteroatoms. The average Bonchev–Trinajstić information content (AvgIpc) is 1.80. The van der Waals surface area contributed by atoms with Crippen LogP contribution in [0.25, 0.3) is 0 Å². The summed E-state index contributed by atoms with van der Waals surface area (Å²) in [5.74, 6) is -0.219. The molecule has 1 heterocycles. The molecule has 0 N–H and O–H groups in total. The molecule has 1 unspecified atom stereocenters. The van der Waals surface area contributed by atoms with Gasteiger partial charge < -0.3 is 4.74 Å². The van der Waals surface area contributed by atoms with Gasteiger partial charge in [-0.1, -0.05) is 0 Å². The van der Waals surface area contributed by atoms with Gasteiger partial charge in [0.05, 0.1) is 0 Å². The third-order valence-electron chi connectivity index (χ3n) is 1.67. The molecule has 0 aromatic heterocycles. The molecule has 1 fully saturated rings. The Morgan fingerprint density at radius 3 is 2.38 bits per heavy atom. The number of hydrogen-bond acceptors (Lipinski definition) is 5. The molecule has 78 valence electrons. The van der Waals surface area contributed by atoms with E-state index in [9.17, 15) is 16.8 Å². The highest BCUT2D eigenvalue weighted by Gasteiger charge is 2.39. The Hall–Kier alpha value is -0.140. The maximum Gasteiger partial charge on any atom is 0.0426 e. The zero-order valence-electron chi connectivity index (χ0n) is 7.35. The van der Waals surface area contributed by atoms with Gasteiger partial charge in [-0.25, -0.2) is 0 Å². The molecule has 0 aromatic carbocycles. The van der Waals surface area contributed by atoms with Gasteiger partial charge in [-0.2, -0.15) is 0 Å². The zero-order chi connectivity index (χ0) is 10.3. The Bertz CT molecular complexity index is 357. The number of sulfone groups is 2. The number of rotatable bonds is 3. The lowest BCUT2D eigenvalue weighted by molar-refractivity contribution is 0.0932. The normalized spacial score (nSPS) is 28.3. The molecule has 1 atom stereocenters. The second kappa shape index (κ2) is 3.21. The molecule has 5 nitrogen and oxygen atoms in total. The summed E-state index contributed by atoms with van der Waals surface area (Å²) in [6.07, 6.45) is 0.121. The molecule has 0 bridgehead atoms. The second-order valence-corrected chi connectivity index (χ2v) is 7.06. The van der Waals surface area contributed by atoms with Crippen LogP contribution in [0.15, 0.2) is 0 Å². The van der Waals surface area contributed by atoms with E-state index in [2.05, 4.69) is 0 Å². The minimum atomic E-state index is -3.64. The molecule has 1 rings (SSSR count). The van der Waals surface area contributed by atoms with Gasteiger partial charge in [-0.3, -0.25) is 16.8 Å². The van der Waals surface area contributed by atoms with Crippen molar-refractivity contribution in [2.75, 3.05) is 18.6 Å². The molecule has 13 heavy (non-hydrogen) atoms. The second-order valence-electron chi connectivity index (χ2n) is 2.82. The van der Waals surface area contributed by atoms with Crippen molar-refractivity contribution in [2.45, 2.75) is 13.0 Å². The Morgan fingerprint density at radius 2 is 2.08 bits per heavy atom. The van der Waals surface area contributed by atoms with Gasteiger partial charge in [0, 0.05) is 38.3 Å². The fraction of sp³-hybridized carbons (Fsp3) is 0.833. The van der Waals surface area contributed by atoms with Gasteiger partial charge in [-0.15, -0.1) is 0 Å². The van der Waals surface area contributed by atoms with E-state index in [1.807, 2.05) is 0 Å². The zero-order valence-corrected chi connectivity index (χ0v) is 8.98. The van der Waals surface area contributed by atoms with Crippen molar-refractivity contribution in [3.05, 3.63) is 4.58 Å². The molecule has 0 aromatic rings. The first-order chi connectivity index (χ1) is 5.79. The van der Waals surface area contributed by atoms with Crippen LogP contribution in [-0.2, 0) is 24.4 Å². The predicted molar refractivity (Wildman–Crippen MR) is 47.3 cm³/mol. The van der Waals surface area contributed by atoms with Crippen molar-refractivity contribution >= 4 is 19.7 Å². The fourth-order valence-corrected chi connectivity index (χ4v) is 5.10. The highest BCUT2D eigenvalue weighted by molar-refractivity contribution is 8.13. The lowest BCUT2D eigenvalue weighted by atomic mass is 10.4. The molecule has 0 radical (unpaired) electrons. The SMILES string of the molecule is CCOC1CS(=O)(=O)[C-]1S(C)(=O)=O.